The summed E-state index contributed by atoms with van der Waals surface area (Å²) in [6.07, 6.45) is -0.506. The minimum atomic E-state index is -0.506. The fourth-order valence-corrected chi connectivity index (χ4v) is 1.02. The molecule has 0 spiro atoms. The molecule has 0 unspecified atom stereocenters. The summed E-state index contributed by atoms with van der Waals surface area (Å²) in [4.78, 5) is 11.5. The van der Waals surface area contributed by atoms with E-state index in [0.717, 1.165) is 0 Å². The number of aliphatic hydroxyl groups is 1. The van der Waals surface area contributed by atoms with Crippen molar-refractivity contribution in [2.75, 3.05) is 20.8 Å². The molecule has 1 amide bonds. The first-order valence-electron chi connectivity index (χ1n) is 4.61. The van der Waals surface area contributed by atoms with Crippen LogP contribution in [0.4, 0.5) is 0 Å². The van der Waals surface area contributed by atoms with Crippen LogP contribution in [0.2, 0.25) is 0 Å². The molecule has 0 radical (unpaired) electrons. The first-order valence-corrected chi connectivity index (χ1v) is 4.61. The minimum Gasteiger partial charge on any atom is -0.388 e. The van der Waals surface area contributed by atoms with Gasteiger partial charge in [0.1, 0.15) is 6.61 Å². The average molecular weight is 230 g/mol. The molecule has 1 heterocycles. The zero-order valence-electron chi connectivity index (χ0n) is 9.10. The Hall–Kier alpha value is -1.44. The van der Waals surface area contributed by atoms with Crippen LogP contribution in [0.15, 0.2) is 10.6 Å². The largest absolute Gasteiger partial charge is 0.388 e. The van der Waals surface area contributed by atoms with Gasteiger partial charge in [-0.1, -0.05) is 5.16 Å². The number of aromatic nitrogens is 1. The van der Waals surface area contributed by atoms with E-state index in [0.29, 0.717) is 0 Å². The van der Waals surface area contributed by atoms with Crippen LogP contribution < -0.4 is 5.32 Å². The molecule has 16 heavy (non-hydrogen) atoms. The van der Waals surface area contributed by atoms with Crippen molar-refractivity contribution >= 4 is 5.91 Å². The Morgan fingerprint density at radius 1 is 1.62 bits per heavy atom. The number of hydrogen-bond donors (Lipinski definition) is 2. The second kappa shape index (κ2) is 6.21. The van der Waals surface area contributed by atoms with E-state index in [9.17, 15) is 4.79 Å². The second-order valence-electron chi connectivity index (χ2n) is 2.95. The van der Waals surface area contributed by atoms with Crippen LogP contribution in [0.3, 0.4) is 0 Å². The van der Waals surface area contributed by atoms with Gasteiger partial charge in [-0.3, -0.25) is 4.79 Å². The maximum absolute atomic E-state index is 11.5. The molecule has 90 valence electrons. The average Bonchev–Trinajstić information content (AvgIpc) is 2.78. The van der Waals surface area contributed by atoms with E-state index in [1.165, 1.54) is 20.3 Å². The molecular weight excluding hydrogens is 216 g/mol. The summed E-state index contributed by atoms with van der Waals surface area (Å²) >= 11 is 0. The Bertz CT molecular complexity index is 334. The Labute approximate surface area is 92.3 Å². The highest BCUT2D eigenvalue weighted by Crippen LogP contribution is 2.03. The Kier molecular flexibility index (Phi) is 4.90. The fourth-order valence-electron chi connectivity index (χ4n) is 1.02. The van der Waals surface area contributed by atoms with Crippen molar-refractivity contribution in [3.63, 3.8) is 0 Å². The summed E-state index contributed by atoms with van der Waals surface area (Å²) in [5.74, 6) is -0.178. The topological polar surface area (TPSA) is 93.8 Å². The predicted octanol–water partition coefficient (Wildman–Crippen LogP) is -0.484. The molecule has 0 aromatic carbocycles. The third-order valence-electron chi connectivity index (χ3n) is 1.90. The van der Waals surface area contributed by atoms with E-state index in [1.54, 1.807) is 0 Å². The number of amides is 1. The smallest absolute Gasteiger partial charge is 0.273 e. The number of methoxy groups -OCH3 is 2. The molecule has 0 aliphatic heterocycles. The molecule has 1 rings (SSSR count). The third-order valence-corrected chi connectivity index (χ3v) is 1.90. The van der Waals surface area contributed by atoms with Gasteiger partial charge in [-0.2, -0.15) is 0 Å². The van der Waals surface area contributed by atoms with Crippen molar-refractivity contribution in [1.82, 2.24) is 10.5 Å². The van der Waals surface area contributed by atoms with Crippen LogP contribution in [0.1, 0.15) is 16.2 Å². The van der Waals surface area contributed by atoms with Gasteiger partial charge < -0.3 is 24.4 Å². The Morgan fingerprint density at radius 3 is 2.81 bits per heavy atom. The lowest BCUT2D eigenvalue weighted by atomic mass is 10.3. The normalized spacial score (nSPS) is 10.8. The summed E-state index contributed by atoms with van der Waals surface area (Å²) < 4.78 is 14.5. The molecule has 7 nitrogen and oxygen atoms in total. The Balaban J connectivity index is 2.46. The molecule has 0 saturated carbocycles. The summed E-state index contributed by atoms with van der Waals surface area (Å²) in [6, 6.07) is 1.37. The van der Waals surface area contributed by atoms with Gasteiger partial charge in [0.15, 0.2) is 17.7 Å². The molecule has 1 aromatic rings. The first-order chi connectivity index (χ1) is 7.71. The van der Waals surface area contributed by atoms with Gasteiger partial charge in [-0.05, 0) is 0 Å². The van der Waals surface area contributed by atoms with E-state index in [2.05, 4.69) is 15.0 Å². The number of ether oxygens (including phenoxy) is 2. The van der Waals surface area contributed by atoms with Crippen LogP contribution >= 0.6 is 0 Å². The lowest BCUT2D eigenvalue weighted by Crippen LogP contribution is -2.34. The highest BCUT2D eigenvalue weighted by molar-refractivity contribution is 5.92. The number of rotatable bonds is 6. The lowest BCUT2D eigenvalue weighted by Gasteiger charge is -2.12. The van der Waals surface area contributed by atoms with Crippen LogP contribution in [0.5, 0.6) is 0 Å². The van der Waals surface area contributed by atoms with Crippen molar-refractivity contribution < 1.29 is 23.9 Å². The van der Waals surface area contributed by atoms with E-state index < -0.39 is 12.2 Å². The van der Waals surface area contributed by atoms with Gasteiger partial charge in [0, 0.05) is 20.3 Å². The third kappa shape index (κ3) is 3.30. The van der Waals surface area contributed by atoms with Crippen LogP contribution in [0.25, 0.3) is 0 Å². The molecular formula is C9H14N2O5. The number of nitrogens with zero attached hydrogens (tertiary/aromatic N) is 1. The monoisotopic (exact) mass is 230 g/mol. The fraction of sp³-hybridized carbons (Fsp3) is 0.556. The van der Waals surface area contributed by atoms with E-state index in [4.69, 9.17) is 14.6 Å². The van der Waals surface area contributed by atoms with Crippen LogP contribution in [-0.4, -0.2) is 43.2 Å². The van der Waals surface area contributed by atoms with E-state index >= 15 is 0 Å². The maximum Gasteiger partial charge on any atom is 0.273 e. The lowest BCUT2D eigenvalue weighted by molar-refractivity contribution is -0.0974. The van der Waals surface area contributed by atoms with Crippen molar-refractivity contribution in [2.45, 2.75) is 12.9 Å². The zero-order chi connectivity index (χ0) is 12.0. The molecule has 0 aliphatic rings. The van der Waals surface area contributed by atoms with Gasteiger partial charge >= 0.3 is 0 Å². The van der Waals surface area contributed by atoms with Crippen LogP contribution in [0, 0.1) is 0 Å². The van der Waals surface area contributed by atoms with Crippen molar-refractivity contribution in [3.8, 4) is 0 Å². The summed E-state index contributed by atoms with van der Waals surface area (Å²) in [7, 11) is 2.95. The summed E-state index contributed by atoms with van der Waals surface area (Å²) in [6.45, 7) is -0.0911. The number of nitrogens with one attached hydrogen (secondary N) is 1. The SMILES string of the molecule is COC(CNC(=O)c1cc(CO)on1)OC. The molecule has 7 heteroatoms. The molecule has 1 aromatic heterocycles. The number of aliphatic hydroxyl groups excluding tert-OH is 1. The number of hydrogen-bond acceptors (Lipinski definition) is 6. The number of carbonyl (C=O) groups is 1. The Morgan fingerprint density at radius 2 is 2.31 bits per heavy atom. The standard InChI is InChI=1S/C9H14N2O5/c1-14-8(15-2)4-10-9(13)7-3-6(5-12)16-11-7/h3,8,12H,4-5H2,1-2H3,(H,10,13). The molecule has 0 atom stereocenters. The van der Waals surface area contributed by atoms with Gasteiger partial charge in [-0.25, -0.2) is 0 Å². The quantitative estimate of drug-likeness (QED) is 0.641. The highest BCUT2D eigenvalue weighted by atomic mass is 16.7. The van der Waals surface area contributed by atoms with Crippen molar-refractivity contribution in [1.29, 1.82) is 0 Å². The first kappa shape index (κ1) is 12.6. The minimum absolute atomic E-state index is 0.106. The van der Waals surface area contributed by atoms with Gasteiger partial charge in [0.25, 0.3) is 5.91 Å². The summed E-state index contributed by atoms with van der Waals surface area (Å²) in [5, 5.41) is 14.8. The van der Waals surface area contributed by atoms with Crippen LogP contribution in [-0.2, 0) is 16.1 Å². The summed E-state index contributed by atoms with van der Waals surface area (Å²) in [5.41, 5.74) is 0.106. The molecule has 0 fully saturated rings. The van der Waals surface area contributed by atoms with Gasteiger partial charge in [0.2, 0.25) is 0 Å². The number of carbonyl (C=O) groups excluding carboxylic acids is 1. The predicted molar refractivity (Wildman–Crippen MR) is 52.6 cm³/mol. The zero-order valence-corrected chi connectivity index (χ0v) is 9.10. The molecule has 0 aliphatic carbocycles. The second-order valence-corrected chi connectivity index (χ2v) is 2.95. The van der Waals surface area contributed by atoms with E-state index in [1.807, 2.05) is 0 Å². The van der Waals surface area contributed by atoms with Gasteiger partial charge in [0.05, 0.1) is 6.54 Å². The molecule has 2 N–H and O–H groups in total. The molecule has 0 saturated heterocycles. The van der Waals surface area contributed by atoms with Crippen molar-refractivity contribution in [2.24, 2.45) is 0 Å². The van der Waals surface area contributed by atoms with Crippen molar-refractivity contribution in [3.05, 3.63) is 17.5 Å². The molecule has 0 bridgehead atoms. The van der Waals surface area contributed by atoms with Gasteiger partial charge in [-0.15, -0.1) is 0 Å². The maximum atomic E-state index is 11.5. The highest BCUT2D eigenvalue weighted by Gasteiger charge is 2.13. The van der Waals surface area contributed by atoms with E-state index in [-0.39, 0.29) is 24.6 Å².